The maximum absolute atomic E-state index is 5.43. The normalized spacial score (nSPS) is 7.71. The summed E-state index contributed by atoms with van der Waals surface area (Å²) >= 11 is 5.43. The average Bonchev–Trinajstić information content (AvgIpc) is 1.72. The van der Waals surface area contributed by atoms with Gasteiger partial charge in [-0.1, -0.05) is 13.5 Å². The van der Waals surface area contributed by atoms with E-state index in [1.54, 1.807) is 0 Å². The molecule has 1 heteroatoms. The summed E-state index contributed by atoms with van der Waals surface area (Å²) in [6.45, 7) is 5.49. The summed E-state index contributed by atoms with van der Waals surface area (Å²) in [7, 11) is 0. The molecule has 7 heavy (non-hydrogen) atoms. The Bertz CT molecular complexity index is 82.4. The highest BCUT2D eigenvalue weighted by Crippen LogP contribution is 1.98. The zero-order chi connectivity index (χ0) is 5.70. The molecule has 0 saturated carbocycles. The molecule has 0 aliphatic carbocycles. The quantitative estimate of drug-likeness (QED) is 0.384. The lowest BCUT2D eigenvalue weighted by Crippen LogP contribution is -1.75. The van der Waals surface area contributed by atoms with Gasteiger partial charge in [0, 0.05) is 0 Å². The first-order valence-corrected chi connectivity index (χ1v) is 2.82. The SMILES string of the molecule is C=C=C(CC)CCl. The van der Waals surface area contributed by atoms with E-state index in [1.807, 2.05) is 6.92 Å². The molecule has 0 aliphatic rings. The van der Waals surface area contributed by atoms with E-state index in [9.17, 15) is 0 Å². The first-order chi connectivity index (χ1) is 3.35. The third-order valence-electron chi connectivity index (χ3n) is 0.838. The fourth-order valence-corrected chi connectivity index (χ4v) is 0.550. The van der Waals surface area contributed by atoms with E-state index < -0.39 is 0 Å². The minimum absolute atomic E-state index is 0.569. The monoisotopic (exact) mass is 116 g/mol. The van der Waals surface area contributed by atoms with Gasteiger partial charge in [-0.3, -0.25) is 0 Å². The van der Waals surface area contributed by atoms with Crippen LogP contribution in [-0.4, -0.2) is 5.88 Å². The van der Waals surface area contributed by atoms with Crippen LogP contribution in [0.5, 0.6) is 0 Å². The van der Waals surface area contributed by atoms with E-state index in [1.165, 1.54) is 0 Å². The standard InChI is InChI=1S/C6H9Cl/c1-3-6(4-2)5-7/h1,4-5H2,2H3. The highest BCUT2D eigenvalue weighted by Gasteiger charge is 1.83. The maximum atomic E-state index is 5.43. The van der Waals surface area contributed by atoms with E-state index in [2.05, 4.69) is 12.3 Å². The van der Waals surface area contributed by atoms with Crippen molar-refractivity contribution in [3.63, 3.8) is 0 Å². The van der Waals surface area contributed by atoms with Gasteiger partial charge >= 0.3 is 0 Å². The van der Waals surface area contributed by atoms with Crippen molar-refractivity contribution in [2.75, 3.05) is 5.88 Å². The Labute approximate surface area is 49.5 Å². The summed E-state index contributed by atoms with van der Waals surface area (Å²) in [5.74, 6) is 0.569. The molecule has 0 bridgehead atoms. The third kappa shape index (κ3) is 2.50. The minimum Gasteiger partial charge on any atom is -0.128 e. The largest absolute Gasteiger partial charge is 0.128 e. The number of alkyl halides is 1. The van der Waals surface area contributed by atoms with Crippen molar-refractivity contribution in [3.05, 3.63) is 17.9 Å². The van der Waals surface area contributed by atoms with Crippen LogP contribution in [0.3, 0.4) is 0 Å². The molecular formula is C6H9Cl. The summed E-state index contributed by atoms with van der Waals surface area (Å²) in [6.07, 6.45) is 0.965. The number of allylic oxidation sites excluding steroid dienone is 1. The molecule has 0 aromatic heterocycles. The lowest BCUT2D eigenvalue weighted by atomic mass is 10.3. The molecular weight excluding hydrogens is 108 g/mol. The van der Waals surface area contributed by atoms with Crippen molar-refractivity contribution in [3.8, 4) is 0 Å². The molecule has 0 aliphatic heterocycles. The predicted octanol–water partition coefficient (Wildman–Crippen LogP) is 2.35. The molecule has 0 fully saturated rings. The van der Waals surface area contributed by atoms with Crippen LogP contribution in [0.15, 0.2) is 17.9 Å². The van der Waals surface area contributed by atoms with Gasteiger partial charge in [0.25, 0.3) is 0 Å². The Hall–Kier alpha value is -0.190. The van der Waals surface area contributed by atoms with Crippen molar-refractivity contribution in [1.82, 2.24) is 0 Å². The summed E-state index contributed by atoms with van der Waals surface area (Å²) in [4.78, 5) is 0. The molecule has 0 radical (unpaired) electrons. The van der Waals surface area contributed by atoms with E-state index in [4.69, 9.17) is 11.6 Å². The van der Waals surface area contributed by atoms with Crippen molar-refractivity contribution in [1.29, 1.82) is 0 Å². The maximum Gasteiger partial charge on any atom is 0.0508 e. The summed E-state index contributed by atoms with van der Waals surface area (Å²) in [5.41, 5.74) is 3.82. The first-order valence-electron chi connectivity index (χ1n) is 2.29. The molecule has 0 atom stereocenters. The van der Waals surface area contributed by atoms with E-state index in [-0.39, 0.29) is 0 Å². The zero-order valence-electron chi connectivity index (χ0n) is 4.50. The van der Waals surface area contributed by atoms with Crippen LogP contribution in [0.2, 0.25) is 0 Å². The topological polar surface area (TPSA) is 0 Å². The Morgan fingerprint density at radius 1 is 1.86 bits per heavy atom. The van der Waals surface area contributed by atoms with Crippen molar-refractivity contribution >= 4 is 11.6 Å². The molecule has 0 aromatic rings. The molecule has 0 saturated heterocycles. The summed E-state index contributed by atoms with van der Waals surface area (Å²) < 4.78 is 0. The van der Waals surface area contributed by atoms with Gasteiger partial charge in [-0.2, -0.15) is 0 Å². The summed E-state index contributed by atoms with van der Waals surface area (Å²) in [5, 5.41) is 0. The van der Waals surface area contributed by atoms with Gasteiger partial charge in [-0.25, -0.2) is 0 Å². The summed E-state index contributed by atoms with van der Waals surface area (Å²) in [6, 6.07) is 0. The number of halogens is 1. The van der Waals surface area contributed by atoms with Gasteiger partial charge in [0.1, 0.15) is 0 Å². The lowest BCUT2D eigenvalue weighted by molar-refractivity contribution is 1.11. The van der Waals surface area contributed by atoms with Gasteiger partial charge in [0.05, 0.1) is 5.88 Å². The Balaban J connectivity index is 3.61. The Morgan fingerprint density at radius 2 is 2.43 bits per heavy atom. The van der Waals surface area contributed by atoms with Crippen molar-refractivity contribution < 1.29 is 0 Å². The lowest BCUT2D eigenvalue weighted by Gasteiger charge is -1.87. The van der Waals surface area contributed by atoms with Crippen LogP contribution in [0.25, 0.3) is 0 Å². The zero-order valence-corrected chi connectivity index (χ0v) is 5.26. The van der Waals surface area contributed by atoms with Crippen molar-refractivity contribution in [2.24, 2.45) is 0 Å². The second-order valence-electron chi connectivity index (χ2n) is 1.27. The van der Waals surface area contributed by atoms with Gasteiger partial charge in [-0.05, 0) is 12.0 Å². The number of hydrogen-bond donors (Lipinski definition) is 0. The Kier molecular flexibility index (Phi) is 3.87. The fraction of sp³-hybridized carbons (Fsp3) is 0.500. The smallest absolute Gasteiger partial charge is 0.0508 e. The van der Waals surface area contributed by atoms with Crippen LogP contribution in [0, 0.1) is 0 Å². The molecule has 0 unspecified atom stereocenters. The van der Waals surface area contributed by atoms with E-state index >= 15 is 0 Å². The van der Waals surface area contributed by atoms with Gasteiger partial charge in [-0.15, -0.1) is 17.3 Å². The minimum atomic E-state index is 0.569. The van der Waals surface area contributed by atoms with Gasteiger partial charge in [0.15, 0.2) is 0 Å². The molecule has 0 nitrogen and oxygen atoms in total. The molecule has 0 rings (SSSR count). The van der Waals surface area contributed by atoms with E-state index in [0.29, 0.717) is 5.88 Å². The van der Waals surface area contributed by atoms with Gasteiger partial charge < -0.3 is 0 Å². The Morgan fingerprint density at radius 3 is 2.43 bits per heavy atom. The fourth-order valence-electron chi connectivity index (χ4n) is 0.267. The van der Waals surface area contributed by atoms with Crippen molar-refractivity contribution in [2.45, 2.75) is 13.3 Å². The first kappa shape index (κ1) is 6.81. The highest BCUT2D eigenvalue weighted by atomic mass is 35.5. The number of rotatable bonds is 2. The molecule has 0 spiro atoms. The molecule has 40 valence electrons. The molecule has 0 aromatic carbocycles. The molecule has 0 amide bonds. The average molecular weight is 117 g/mol. The highest BCUT2D eigenvalue weighted by molar-refractivity contribution is 6.19. The third-order valence-corrected chi connectivity index (χ3v) is 1.16. The molecule has 0 heterocycles. The van der Waals surface area contributed by atoms with Crippen LogP contribution in [-0.2, 0) is 0 Å². The predicted molar refractivity (Wildman–Crippen MR) is 33.7 cm³/mol. The second kappa shape index (κ2) is 3.98. The van der Waals surface area contributed by atoms with Crippen LogP contribution in [0.1, 0.15) is 13.3 Å². The van der Waals surface area contributed by atoms with Crippen LogP contribution < -0.4 is 0 Å². The van der Waals surface area contributed by atoms with Crippen LogP contribution in [0.4, 0.5) is 0 Å². The van der Waals surface area contributed by atoms with E-state index in [0.717, 1.165) is 12.0 Å². The molecule has 0 N–H and O–H groups in total. The number of hydrogen-bond acceptors (Lipinski definition) is 0. The van der Waals surface area contributed by atoms with Gasteiger partial charge in [0.2, 0.25) is 0 Å². The second-order valence-corrected chi connectivity index (χ2v) is 1.53. The van der Waals surface area contributed by atoms with Crippen LogP contribution >= 0.6 is 11.6 Å².